The Hall–Kier alpha value is -3.85. The second-order valence-electron chi connectivity index (χ2n) is 13.1. The first-order valence-electron chi connectivity index (χ1n) is 15.1. The van der Waals surface area contributed by atoms with E-state index in [1.54, 1.807) is 18.6 Å². The predicted octanol–water partition coefficient (Wildman–Crippen LogP) is 6.45. The Morgan fingerprint density at radius 3 is 2.64 bits per heavy atom. The average Bonchev–Trinajstić information content (AvgIpc) is 3.61. The SMILES string of the molecule is CC(C)n1cnc2cc(-c3ccc4c(c3)N(C3CC(N5CC[C@@H](C)C5)C3)C(=O)C4(C)C)nc(Nc3ccncc3F)c21. The lowest BCUT2D eigenvalue weighted by Crippen LogP contribution is -2.55. The number of anilines is 3. The number of benzene rings is 1. The Labute approximate surface area is 246 Å². The Morgan fingerprint density at radius 1 is 1.12 bits per heavy atom. The lowest BCUT2D eigenvalue weighted by atomic mass is 9.83. The molecule has 1 saturated heterocycles. The summed E-state index contributed by atoms with van der Waals surface area (Å²) in [6.07, 6.45) is 7.83. The van der Waals surface area contributed by atoms with Crippen LogP contribution in [-0.2, 0) is 10.2 Å². The van der Waals surface area contributed by atoms with Crippen molar-refractivity contribution in [1.82, 2.24) is 24.4 Å². The second-order valence-corrected chi connectivity index (χ2v) is 13.1. The number of hydrogen-bond acceptors (Lipinski definition) is 6. The van der Waals surface area contributed by atoms with Gasteiger partial charge in [0.15, 0.2) is 11.6 Å². The zero-order chi connectivity index (χ0) is 29.3. The molecule has 0 bridgehead atoms. The summed E-state index contributed by atoms with van der Waals surface area (Å²) in [5, 5.41) is 3.20. The molecule has 8 nitrogen and oxygen atoms in total. The molecule has 3 aliphatic rings. The van der Waals surface area contributed by atoms with Crippen LogP contribution in [0.2, 0.25) is 0 Å². The average molecular weight is 568 g/mol. The third-order valence-corrected chi connectivity index (χ3v) is 9.54. The van der Waals surface area contributed by atoms with E-state index in [-0.39, 0.29) is 18.0 Å². The van der Waals surface area contributed by atoms with E-state index in [1.807, 2.05) is 30.5 Å². The van der Waals surface area contributed by atoms with Gasteiger partial charge in [-0.1, -0.05) is 19.1 Å². The lowest BCUT2D eigenvalue weighted by molar-refractivity contribution is -0.123. The molecule has 4 aromatic rings. The molecular formula is C33H38FN7O. The van der Waals surface area contributed by atoms with Crippen molar-refractivity contribution in [3.05, 3.63) is 60.4 Å². The number of amides is 1. The number of likely N-dealkylation sites (tertiary alicyclic amines) is 1. The minimum absolute atomic E-state index is 0.141. The molecule has 2 fully saturated rings. The molecule has 218 valence electrons. The maximum Gasteiger partial charge on any atom is 0.237 e. The number of aromatic nitrogens is 4. The molecule has 0 spiro atoms. The first-order chi connectivity index (χ1) is 20.1. The van der Waals surface area contributed by atoms with E-state index >= 15 is 0 Å². The maximum absolute atomic E-state index is 14.6. The highest BCUT2D eigenvalue weighted by molar-refractivity contribution is 6.08. The van der Waals surface area contributed by atoms with Crippen LogP contribution in [0.4, 0.5) is 21.6 Å². The molecule has 1 aromatic carbocycles. The molecule has 7 rings (SSSR count). The number of carbonyl (C=O) groups excluding carboxylic acids is 1. The Morgan fingerprint density at radius 2 is 1.93 bits per heavy atom. The monoisotopic (exact) mass is 567 g/mol. The fourth-order valence-corrected chi connectivity index (χ4v) is 6.97. The normalized spacial score (nSPS) is 23.5. The van der Waals surface area contributed by atoms with Gasteiger partial charge >= 0.3 is 0 Å². The number of fused-ring (bicyclic) bond motifs is 2. The molecule has 1 amide bonds. The van der Waals surface area contributed by atoms with Gasteiger partial charge in [0.05, 0.1) is 34.8 Å². The van der Waals surface area contributed by atoms with E-state index in [9.17, 15) is 9.18 Å². The van der Waals surface area contributed by atoms with Crippen LogP contribution >= 0.6 is 0 Å². The van der Waals surface area contributed by atoms with E-state index in [0.29, 0.717) is 23.2 Å². The number of carbonyl (C=O) groups is 1. The van der Waals surface area contributed by atoms with Crippen LogP contribution in [0.1, 0.15) is 65.5 Å². The van der Waals surface area contributed by atoms with Crippen LogP contribution in [0.3, 0.4) is 0 Å². The number of hydrogen-bond donors (Lipinski definition) is 1. The third-order valence-electron chi connectivity index (χ3n) is 9.54. The summed E-state index contributed by atoms with van der Waals surface area (Å²) in [6.45, 7) is 12.9. The summed E-state index contributed by atoms with van der Waals surface area (Å²) in [7, 11) is 0. The van der Waals surface area contributed by atoms with E-state index in [0.717, 1.165) is 53.2 Å². The maximum atomic E-state index is 14.6. The highest BCUT2D eigenvalue weighted by Gasteiger charge is 2.50. The lowest BCUT2D eigenvalue weighted by Gasteiger charge is -2.46. The molecule has 2 aliphatic heterocycles. The molecular weight excluding hydrogens is 529 g/mol. The van der Waals surface area contributed by atoms with Crippen LogP contribution in [0, 0.1) is 11.7 Å². The van der Waals surface area contributed by atoms with Crippen LogP contribution in [0.25, 0.3) is 22.3 Å². The zero-order valence-electron chi connectivity index (χ0n) is 24.9. The van der Waals surface area contributed by atoms with Crippen molar-refractivity contribution in [1.29, 1.82) is 0 Å². The minimum Gasteiger partial charge on any atom is -0.336 e. The van der Waals surface area contributed by atoms with Crippen molar-refractivity contribution in [3.63, 3.8) is 0 Å². The van der Waals surface area contributed by atoms with Gasteiger partial charge in [-0.15, -0.1) is 0 Å². The Kier molecular flexibility index (Phi) is 6.34. The topological polar surface area (TPSA) is 79.2 Å². The molecule has 0 unspecified atom stereocenters. The molecule has 1 N–H and O–H groups in total. The van der Waals surface area contributed by atoms with Gasteiger partial charge in [-0.05, 0) is 83.2 Å². The number of nitrogens with zero attached hydrogens (tertiary/aromatic N) is 6. The van der Waals surface area contributed by atoms with Crippen LogP contribution in [0.5, 0.6) is 0 Å². The standard InChI is InChI=1S/C33H38FN7O/c1-19(2)40-18-36-28-15-27(38-31(30(28)40)37-26-8-10-35-16-25(26)34)21-6-7-24-29(12-21)41(32(42)33(24,4)5)23-13-22(14-23)39-11-9-20(3)17-39/h6-8,10,12,15-16,18-20,22-23H,9,11,13-14,17H2,1-5H3,(H,35,37,38)/t20-,22?,23?/m1/s1. The minimum atomic E-state index is -0.583. The summed E-state index contributed by atoms with van der Waals surface area (Å²) in [5.41, 5.74) is 4.93. The van der Waals surface area contributed by atoms with Crippen molar-refractivity contribution in [3.8, 4) is 11.3 Å². The molecule has 1 atom stereocenters. The predicted molar refractivity (Wildman–Crippen MR) is 164 cm³/mol. The molecule has 1 aliphatic carbocycles. The summed E-state index contributed by atoms with van der Waals surface area (Å²) in [5.74, 6) is 0.993. The number of halogens is 1. The second kappa shape index (κ2) is 9.87. The summed E-state index contributed by atoms with van der Waals surface area (Å²) >= 11 is 0. The third kappa shape index (κ3) is 4.28. The highest BCUT2D eigenvalue weighted by atomic mass is 19.1. The van der Waals surface area contributed by atoms with Gasteiger partial charge in [0, 0.05) is 42.1 Å². The number of nitrogens with one attached hydrogen (secondary N) is 1. The van der Waals surface area contributed by atoms with Gasteiger partial charge in [0.1, 0.15) is 5.52 Å². The van der Waals surface area contributed by atoms with Crippen molar-refractivity contribution >= 4 is 34.1 Å². The smallest absolute Gasteiger partial charge is 0.237 e. The summed E-state index contributed by atoms with van der Waals surface area (Å²) in [6, 6.07) is 10.7. The van der Waals surface area contributed by atoms with E-state index in [4.69, 9.17) is 4.98 Å². The summed E-state index contributed by atoms with van der Waals surface area (Å²) in [4.78, 5) is 32.1. The van der Waals surface area contributed by atoms with Crippen LogP contribution in [-0.4, -0.2) is 55.5 Å². The van der Waals surface area contributed by atoms with Gasteiger partial charge in [-0.25, -0.2) is 14.4 Å². The Balaban J connectivity index is 1.27. The van der Waals surface area contributed by atoms with Gasteiger partial charge < -0.3 is 14.8 Å². The zero-order valence-corrected chi connectivity index (χ0v) is 24.9. The van der Waals surface area contributed by atoms with E-state index < -0.39 is 11.2 Å². The molecule has 1 saturated carbocycles. The molecule has 42 heavy (non-hydrogen) atoms. The highest BCUT2D eigenvalue weighted by Crippen LogP contribution is 2.48. The summed E-state index contributed by atoms with van der Waals surface area (Å²) < 4.78 is 16.7. The fraction of sp³-hybridized carbons (Fsp3) is 0.455. The van der Waals surface area contributed by atoms with E-state index in [1.165, 1.54) is 19.2 Å². The van der Waals surface area contributed by atoms with Crippen molar-refractivity contribution in [2.24, 2.45) is 5.92 Å². The first-order valence-corrected chi connectivity index (χ1v) is 15.1. The van der Waals surface area contributed by atoms with Crippen molar-refractivity contribution in [2.75, 3.05) is 23.3 Å². The van der Waals surface area contributed by atoms with Crippen molar-refractivity contribution in [2.45, 2.75) is 77.4 Å². The fourth-order valence-electron chi connectivity index (χ4n) is 6.97. The van der Waals surface area contributed by atoms with E-state index in [2.05, 4.69) is 58.0 Å². The number of rotatable bonds is 6. The van der Waals surface area contributed by atoms with Crippen molar-refractivity contribution < 1.29 is 9.18 Å². The van der Waals surface area contributed by atoms with Gasteiger partial charge in [-0.3, -0.25) is 14.7 Å². The van der Waals surface area contributed by atoms with Gasteiger partial charge in [0.2, 0.25) is 5.91 Å². The molecule has 5 heterocycles. The van der Waals surface area contributed by atoms with Crippen LogP contribution < -0.4 is 10.2 Å². The Bertz CT molecular complexity index is 1690. The van der Waals surface area contributed by atoms with Crippen LogP contribution in [0.15, 0.2) is 49.1 Å². The quantitative estimate of drug-likeness (QED) is 0.288. The first kappa shape index (κ1) is 27.0. The van der Waals surface area contributed by atoms with Gasteiger partial charge in [-0.2, -0.15) is 0 Å². The molecule has 3 aromatic heterocycles. The number of pyridine rings is 2. The molecule has 9 heteroatoms. The largest absolute Gasteiger partial charge is 0.336 e. The number of imidazole rings is 1. The van der Waals surface area contributed by atoms with Gasteiger partial charge in [0.25, 0.3) is 0 Å². The molecule has 0 radical (unpaired) electrons.